The summed E-state index contributed by atoms with van der Waals surface area (Å²) in [7, 11) is 1.31. The first kappa shape index (κ1) is 22.7. The van der Waals surface area contributed by atoms with Gasteiger partial charge in [-0.2, -0.15) is 13.2 Å². The van der Waals surface area contributed by atoms with Crippen LogP contribution in [0.1, 0.15) is 21.9 Å². The van der Waals surface area contributed by atoms with Gasteiger partial charge in [-0.1, -0.05) is 12.1 Å². The number of halogens is 3. The fraction of sp³-hybridized carbons (Fsp3) is 0.263. The number of benzene rings is 1. The van der Waals surface area contributed by atoms with Gasteiger partial charge in [0, 0.05) is 6.42 Å². The van der Waals surface area contributed by atoms with Crippen molar-refractivity contribution in [2.75, 3.05) is 7.11 Å². The Balaban J connectivity index is 0.000000360. The number of alkyl halides is 3. The van der Waals surface area contributed by atoms with E-state index < -0.39 is 24.2 Å². The van der Waals surface area contributed by atoms with Crippen molar-refractivity contribution >= 4 is 28.9 Å². The molecule has 3 aromatic rings. The molecule has 0 bridgehead atoms. The van der Waals surface area contributed by atoms with Crippen LogP contribution < -0.4 is 0 Å². The summed E-state index contributed by atoms with van der Waals surface area (Å²) >= 11 is 0. The molecule has 0 saturated heterocycles. The van der Waals surface area contributed by atoms with Crippen molar-refractivity contribution in [1.82, 2.24) is 24.8 Å². The number of amides is 1. The average Bonchev–Trinajstić information content (AvgIpc) is 3.24. The summed E-state index contributed by atoms with van der Waals surface area (Å²) in [6.07, 6.45) is -1.79. The molecule has 4 rings (SSSR count). The topological polar surface area (TPSA) is 138 Å². The number of ether oxygens (including phenoxy) is 1. The van der Waals surface area contributed by atoms with Crippen LogP contribution in [0.4, 0.5) is 13.2 Å². The lowest BCUT2D eigenvalue weighted by atomic mass is 10.0. The predicted octanol–water partition coefficient (Wildman–Crippen LogP) is 1.73. The van der Waals surface area contributed by atoms with E-state index in [1.807, 2.05) is 18.2 Å². The molecule has 1 aliphatic heterocycles. The van der Waals surface area contributed by atoms with Gasteiger partial charge in [-0.15, -0.1) is 0 Å². The van der Waals surface area contributed by atoms with Crippen LogP contribution in [-0.2, 0) is 27.3 Å². The minimum Gasteiger partial charge on any atom is -0.475 e. The van der Waals surface area contributed by atoms with E-state index in [2.05, 4.69) is 19.9 Å². The number of nitrogens with one attached hydrogen (secondary N) is 1. The van der Waals surface area contributed by atoms with Gasteiger partial charge in [0.1, 0.15) is 11.7 Å². The normalized spacial score (nSPS) is 15.4. The number of hydrogen-bond donors (Lipinski definition) is 2. The maximum Gasteiger partial charge on any atom is 0.490 e. The van der Waals surface area contributed by atoms with E-state index in [0.29, 0.717) is 17.5 Å². The Kier molecular flexibility index (Phi) is 6.37. The number of aliphatic carboxylic acids is 1. The number of hydrogen-bond acceptors (Lipinski definition) is 7. The van der Waals surface area contributed by atoms with Gasteiger partial charge in [-0.25, -0.2) is 19.6 Å². The summed E-state index contributed by atoms with van der Waals surface area (Å²) in [6, 6.07) is 6.57. The predicted molar refractivity (Wildman–Crippen MR) is 101 cm³/mol. The third-order valence-electron chi connectivity index (χ3n) is 4.54. The van der Waals surface area contributed by atoms with Crippen LogP contribution in [0.25, 0.3) is 11.0 Å². The number of rotatable bonds is 2. The van der Waals surface area contributed by atoms with Crippen LogP contribution in [0.2, 0.25) is 0 Å². The Morgan fingerprint density at radius 1 is 1.19 bits per heavy atom. The number of imidazole rings is 1. The quantitative estimate of drug-likeness (QED) is 0.562. The number of aromatic amines is 1. The fourth-order valence-electron chi connectivity index (χ4n) is 3.00. The number of esters is 1. The largest absolute Gasteiger partial charge is 0.490 e. The Labute approximate surface area is 178 Å². The highest BCUT2D eigenvalue weighted by atomic mass is 19.4. The minimum atomic E-state index is -5.08. The smallest absolute Gasteiger partial charge is 0.475 e. The number of methoxy groups -OCH3 is 1. The van der Waals surface area contributed by atoms with E-state index in [1.165, 1.54) is 18.2 Å². The molecule has 0 saturated carbocycles. The second kappa shape index (κ2) is 8.99. The number of carbonyl (C=O) groups excluding carboxylic acids is 2. The standard InChI is InChI=1S/C17H15N5O3.C2HF3O2/c1-25-17(24)15-6-12-14(20-9-19-12)8-22(15)16(23)13-7-18-10-4-2-3-5-11(10)21-13;3-2(4,5)1(6)7/h2-5,7,9,15H,6,8H2,1H3,(H,19,20);(H,6,7). The third kappa shape index (κ3) is 4.82. The molecule has 168 valence electrons. The number of carboxylic acid groups (broad SMARTS) is 1. The second-order valence-corrected chi connectivity index (χ2v) is 6.55. The van der Waals surface area contributed by atoms with E-state index in [9.17, 15) is 22.8 Å². The Morgan fingerprint density at radius 3 is 2.47 bits per heavy atom. The molecule has 1 unspecified atom stereocenters. The van der Waals surface area contributed by atoms with E-state index in [4.69, 9.17) is 14.6 Å². The van der Waals surface area contributed by atoms with Crippen LogP contribution in [0.5, 0.6) is 0 Å². The molecule has 32 heavy (non-hydrogen) atoms. The van der Waals surface area contributed by atoms with E-state index in [0.717, 1.165) is 11.4 Å². The van der Waals surface area contributed by atoms with Gasteiger partial charge in [0.2, 0.25) is 0 Å². The van der Waals surface area contributed by atoms with Crippen LogP contribution >= 0.6 is 0 Å². The first-order valence-corrected chi connectivity index (χ1v) is 9.03. The van der Waals surface area contributed by atoms with Gasteiger partial charge in [-0.05, 0) is 12.1 Å². The maximum absolute atomic E-state index is 13.0. The first-order valence-electron chi connectivity index (χ1n) is 9.03. The van der Waals surface area contributed by atoms with Gasteiger partial charge in [-0.3, -0.25) is 9.78 Å². The maximum atomic E-state index is 13.0. The van der Waals surface area contributed by atoms with Gasteiger partial charge in [0.25, 0.3) is 5.91 Å². The highest BCUT2D eigenvalue weighted by Gasteiger charge is 2.38. The molecule has 3 heterocycles. The van der Waals surface area contributed by atoms with Gasteiger partial charge in [0.05, 0.1) is 48.6 Å². The SMILES string of the molecule is COC(=O)C1Cc2nc[nH]c2CN1C(=O)c1cnc2ccccc2n1.O=C(O)C(F)(F)F. The molecular weight excluding hydrogens is 435 g/mol. The number of fused-ring (bicyclic) bond motifs is 2. The highest BCUT2D eigenvalue weighted by molar-refractivity contribution is 5.96. The van der Waals surface area contributed by atoms with Crippen molar-refractivity contribution in [2.24, 2.45) is 0 Å². The Morgan fingerprint density at radius 2 is 1.84 bits per heavy atom. The summed E-state index contributed by atoms with van der Waals surface area (Å²) in [5.41, 5.74) is 3.10. The second-order valence-electron chi connectivity index (χ2n) is 6.55. The molecular formula is C19H16F3N5O5. The van der Waals surface area contributed by atoms with Crippen LogP contribution in [0, 0.1) is 0 Å². The lowest BCUT2D eigenvalue weighted by Crippen LogP contribution is -2.49. The van der Waals surface area contributed by atoms with E-state index in [1.54, 1.807) is 12.4 Å². The summed E-state index contributed by atoms with van der Waals surface area (Å²) in [4.78, 5) is 51.4. The van der Waals surface area contributed by atoms with Crippen molar-refractivity contribution < 1.29 is 37.4 Å². The minimum absolute atomic E-state index is 0.190. The summed E-state index contributed by atoms with van der Waals surface area (Å²) in [5, 5.41) is 7.12. The van der Waals surface area contributed by atoms with E-state index in [-0.39, 0.29) is 18.1 Å². The summed E-state index contributed by atoms with van der Waals surface area (Å²) < 4.78 is 36.6. The molecule has 10 nitrogen and oxygen atoms in total. The number of carboxylic acids is 1. The van der Waals surface area contributed by atoms with Crippen LogP contribution in [0.15, 0.2) is 36.8 Å². The number of para-hydroxylation sites is 2. The molecule has 1 atom stereocenters. The third-order valence-corrected chi connectivity index (χ3v) is 4.54. The Bertz CT molecular complexity index is 1160. The molecule has 1 aliphatic rings. The molecule has 13 heteroatoms. The summed E-state index contributed by atoms with van der Waals surface area (Å²) in [5.74, 6) is -3.60. The number of nitrogens with zero attached hydrogens (tertiary/aromatic N) is 4. The molecule has 1 amide bonds. The highest BCUT2D eigenvalue weighted by Crippen LogP contribution is 2.23. The Hall–Kier alpha value is -4.03. The van der Waals surface area contributed by atoms with Crippen molar-refractivity contribution in [3.63, 3.8) is 0 Å². The average molecular weight is 451 g/mol. The fourth-order valence-corrected chi connectivity index (χ4v) is 3.00. The van der Waals surface area contributed by atoms with Crippen LogP contribution in [-0.4, -0.2) is 67.1 Å². The zero-order chi connectivity index (χ0) is 23.5. The molecule has 0 spiro atoms. The van der Waals surface area contributed by atoms with Crippen LogP contribution in [0.3, 0.4) is 0 Å². The van der Waals surface area contributed by atoms with Gasteiger partial charge in [0.15, 0.2) is 0 Å². The van der Waals surface area contributed by atoms with Crippen molar-refractivity contribution in [1.29, 1.82) is 0 Å². The molecule has 2 aromatic heterocycles. The number of H-pyrrole nitrogens is 1. The monoisotopic (exact) mass is 451 g/mol. The molecule has 0 fully saturated rings. The molecule has 2 N–H and O–H groups in total. The van der Waals surface area contributed by atoms with Crippen molar-refractivity contribution in [3.05, 3.63) is 53.9 Å². The molecule has 0 aliphatic carbocycles. The zero-order valence-electron chi connectivity index (χ0n) is 16.5. The van der Waals surface area contributed by atoms with Gasteiger partial charge < -0.3 is 19.7 Å². The first-order chi connectivity index (χ1) is 15.1. The van der Waals surface area contributed by atoms with Crippen molar-refractivity contribution in [3.8, 4) is 0 Å². The lowest BCUT2D eigenvalue weighted by Gasteiger charge is -2.32. The van der Waals surface area contributed by atoms with Gasteiger partial charge >= 0.3 is 18.1 Å². The van der Waals surface area contributed by atoms with E-state index >= 15 is 0 Å². The lowest BCUT2D eigenvalue weighted by molar-refractivity contribution is -0.192. The number of aromatic nitrogens is 4. The molecule has 1 aromatic carbocycles. The summed E-state index contributed by atoms with van der Waals surface area (Å²) in [6.45, 7) is 0.239. The van der Waals surface area contributed by atoms with Crippen molar-refractivity contribution in [2.45, 2.75) is 25.2 Å². The zero-order valence-corrected chi connectivity index (χ0v) is 16.5. The molecule has 0 radical (unpaired) electrons. The number of carbonyl (C=O) groups is 3.